The van der Waals surface area contributed by atoms with Crippen molar-refractivity contribution in [2.45, 2.75) is 64.1 Å². The smallest absolute Gasteiger partial charge is 0.408 e. The van der Waals surface area contributed by atoms with E-state index in [1.165, 1.54) is 16.2 Å². The molecule has 2 amide bonds. The summed E-state index contributed by atoms with van der Waals surface area (Å²) in [6.45, 7) is 6.15. The molecule has 3 atom stereocenters. The summed E-state index contributed by atoms with van der Waals surface area (Å²) in [5.41, 5.74) is 7.37. The van der Waals surface area contributed by atoms with Gasteiger partial charge in [0, 0.05) is 9.85 Å². The van der Waals surface area contributed by atoms with Crippen LogP contribution in [0.2, 0.25) is 0 Å². The van der Waals surface area contributed by atoms with E-state index < -0.39 is 29.2 Å². The molecule has 0 unspecified atom stereocenters. The molecule has 10 heteroatoms. The molecule has 1 fully saturated rings. The fraction of sp³-hybridized carbons (Fsp3) is 0.393. The highest BCUT2D eigenvalue weighted by Gasteiger charge is 2.57. The first-order valence-corrected chi connectivity index (χ1v) is 14.1. The first kappa shape index (κ1) is 28.1. The van der Waals surface area contributed by atoms with Gasteiger partial charge >= 0.3 is 6.09 Å². The highest BCUT2D eigenvalue weighted by molar-refractivity contribution is 9.10. The van der Waals surface area contributed by atoms with Gasteiger partial charge in [-0.1, -0.05) is 57.2 Å². The minimum absolute atomic E-state index is 0.119. The highest BCUT2D eigenvalue weighted by Crippen LogP contribution is 2.51. The first-order chi connectivity index (χ1) is 17.9. The van der Waals surface area contributed by atoms with Crippen LogP contribution in [0.5, 0.6) is 0 Å². The van der Waals surface area contributed by atoms with Crippen LogP contribution < -0.4 is 11.1 Å². The molecule has 1 aromatic heterocycles. The summed E-state index contributed by atoms with van der Waals surface area (Å²) in [7, 11) is 0. The minimum atomic E-state index is -1.04. The van der Waals surface area contributed by atoms with Gasteiger partial charge in [-0.15, -0.1) is 11.3 Å². The fourth-order valence-electron chi connectivity index (χ4n) is 5.50. The van der Waals surface area contributed by atoms with Gasteiger partial charge in [-0.25, -0.2) is 9.78 Å². The highest BCUT2D eigenvalue weighted by atomic mass is 79.9. The monoisotopic (exact) mass is 600 g/mol. The van der Waals surface area contributed by atoms with Crippen molar-refractivity contribution in [2.75, 3.05) is 11.1 Å². The quantitative estimate of drug-likeness (QED) is 0.268. The molecule has 3 aromatic rings. The van der Waals surface area contributed by atoms with E-state index >= 15 is 0 Å². The zero-order valence-corrected chi connectivity index (χ0v) is 24.1. The van der Waals surface area contributed by atoms with E-state index in [4.69, 9.17) is 5.73 Å². The second-order valence-corrected chi connectivity index (χ2v) is 12.5. The van der Waals surface area contributed by atoms with E-state index in [1.54, 1.807) is 5.38 Å². The lowest BCUT2D eigenvalue weighted by Gasteiger charge is -2.49. The predicted octanol–water partition coefficient (Wildman–Crippen LogP) is 5.87. The Morgan fingerprint density at radius 2 is 1.97 bits per heavy atom. The molecule has 0 saturated carbocycles. The van der Waals surface area contributed by atoms with Gasteiger partial charge in [0.25, 0.3) is 0 Å². The van der Waals surface area contributed by atoms with Gasteiger partial charge in [-0.3, -0.25) is 9.69 Å². The lowest BCUT2D eigenvalue weighted by molar-refractivity contribution is -0.115. The largest absolute Gasteiger partial charge is 0.465 e. The Morgan fingerprint density at radius 1 is 1.26 bits per heavy atom. The molecule has 2 heterocycles. The van der Waals surface area contributed by atoms with Crippen LogP contribution >= 0.6 is 27.3 Å². The number of hydrogen-bond acceptors (Lipinski definition) is 6. The van der Waals surface area contributed by atoms with Crippen molar-refractivity contribution in [1.82, 2.24) is 9.88 Å². The van der Waals surface area contributed by atoms with Crippen molar-refractivity contribution in [3.8, 4) is 0 Å². The number of halogens is 1. The number of thiazole rings is 1. The Hall–Kier alpha value is -2.95. The second-order valence-electron chi connectivity index (χ2n) is 10.8. The normalized spacial score (nSPS) is 20.3. The Kier molecular flexibility index (Phi) is 8.15. The molecule has 202 valence electrons. The van der Waals surface area contributed by atoms with Crippen molar-refractivity contribution in [3.63, 3.8) is 0 Å². The third-order valence-electron chi connectivity index (χ3n) is 7.47. The molecule has 0 spiro atoms. The molecule has 0 radical (unpaired) electrons. The molecule has 1 aliphatic rings. The van der Waals surface area contributed by atoms with Crippen LogP contribution in [-0.4, -0.2) is 43.7 Å². The predicted molar refractivity (Wildman–Crippen MR) is 153 cm³/mol. The first-order valence-electron chi connectivity index (χ1n) is 12.4. The van der Waals surface area contributed by atoms with Crippen LogP contribution in [0.25, 0.3) is 0 Å². The zero-order chi connectivity index (χ0) is 27.7. The number of aromatic nitrogens is 1. The van der Waals surface area contributed by atoms with Crippen molar-refractivity contribution in [1.29, 1.82) is 0 Å². The van der Waals surface area contributed by atoms with Crippen LogP contribution in [0.3, 0.4) is 0 Å². The SMILES string of the molecule is CC(C)(C)[C@]1(Cc2ccc(NC(=O)Cc3csc(N)n3)c(Br)c2)CC[C@H]([C@H](O)c2ccccc2)N1C(=O)O. The average molecular weight is 602 g/mol. The number of nitrogens with zero attached hydrogens (tertiary/aromatic N) is 2. The standard InChI is InChI=1S/C28H33BrN4O4S/c1-27(2,3)28(12-11-22(33(28)26(36)37)24(35)18-7-5-4-6-8-18)15-17-9-10-21(20(29)13-17)32-23(34)14-19-16-38-25(30)31-19/h4-10,13,16,22,24,35H,11-12,14-15H2,1-3H3,(H2,30,31)(H,32,34)(H,36,37)/t22-,24-,28-/m1/s1. The van der Waals surface area contributed by atoms with E-state index in [1.807, 2.05) is 48.5 Å². The maximum Gasteiger partial charge on any atom is 0.408 e. The molecular weight excluding hydrogens is 568 g/mol. The second kappa shape index (κ2) is 11.0. The average Bonchev–Trinajstić information content (AvgIpc) is 3.44. The molecule has 4 rings (SSSR count). The van der Waals surface area contributed by atoms with E-state index in [0.29, 0.717) is 45.8 Å². The number of likely N-dealkylation sites (tertiary alicyclic amines) is 1. The van der Waals surface area contributed by atoms with Crippen LogP contribution in [0.15, 0.2) is 58.4 Å². The van der Waals surface area contributed by atoms with Gasteiger partial charge in [-0.05, 0) is 63.9 Å². The number of benzene rings is 2. The third kappa shape index (κ3) is 5.72. The van der Waals surface area contributed by atoms with Crippen LogP contribution in [0.1, 0.15) is 56.5 Å². The van der Waals surface area contributed by atoms with Crippen LogP contribution in [-0.2, 0) is 17.6 Å². The van der Waals surface area contributed by atoms with E-state index in [-0.39, 0.29) is 12.3 Å². The number of carbonyl (C=O) groups excluding carboxylic acids is 1. The molecular formula is C28H33BrN4O4S. The number of anilines is 2. The summed E-state index contributed by atoms with van der Waals surface area (Å²) in [5, 5.41) is 26.7. The number of carbonyl (C=O) groups is 2. The Labute approximate surface area is 235 Å². The molecule has 1 aliphatic heterocycles. The topological polar surface area (TPSA) is 129 Å². The van der Waals surface area contributed by atoms with Crippen molar-refractivity contribution >= 4 is 50.1 Å². The van der Waals surface area contributed by atoms with Gasteiger partial charge < -0.3 is 21.3 Å². The summed E-state index contributed by atoms with van der Waals surface area (Å²) in [6.07, 6.45) is -0.211. The van der Waals surface area contributed by atoms with Gasteiger partial charge in [0.2, 0.25) is 5.91 Å². The number of amides is 2. The number of nitrogen functional groups attached to an aromatic ring is 1. The van der Waals surface area contributed by atoms with Crippen molar-refractivity contribution in [3.05, 3.63) is 75.2 Å². The molecule has 2 aromatic carbocycles. The molecule has 5 N–H and O–H groups in total. The van der Waals surface area contributed by atoms with E-state index in [9.17, 15) is 19.8 Å². The molecule has 0 bridgehead atoms. The van der Waals surface area contributed by atoms with E-state index in [0.717, 1.165) is 5.56 Å². The summed E-state index contributed by atoms with van der Waals surface area (Å²) in [4.78, 5) is 30.9. The van der Waals surface area contributed by atoms with Gasteiger partial charge in [0.15, 0.2) is 5.13 Å². The summed E-state index contributed by atoms with van der Waals surface area (Å²) in [5.74, 6) is -0.208. The van der Waals surface area contributed by atoms with Crippen LogP contribution in [0, 0.1) is 5.41 Å². The van der Waals surface area contributed by atoms with Gasteiger partial charge in [0.1, 0.15) is 0 Å². The number of nitrogens with one attached hydrogen (secondary N) is 1. The van der Waals surface area contributed by atoms with Gasteiger partial charge in [-0.2, -0.15) is 0 Å². The molecule has 38 heavy (non-hydrogen) atoms. The Morgan fingerprint density at radius 3 is 2.55 bits per heavy atom. The maximum atomic E-state index is 12.7. The summed E-state index contributed by atoms with van der Waals surface area (Å²) in [6, 6.07) is 14.3. The zero-order valence-electron chi connectivity index (χ0n) is 21.6. The molecule has 0 aliphatic carbocycles. The Balaban J connectivity index is 1.58. The number of hydrogen-bond donors (Lipinski definition) is 4. The van der Waals surface area contributed by atoms with Crippen molar-refractivity contribution < 1.29 is 19.8 Å². The lowest BCUT2D eigenvalue weighted by atomic mass is 9.68. The minimum Gasteiger partial charge on any atom is -0.465 e. The number of aliphatic hydroxyl groups excluding tert-OH is 1. The maximum absolute atomic E-state index is 12.7. The fourth-order valence-corrected chi connectivity index (χ4v) is 6.58. The number of aliphatic hydroxyl groups is 1. The molecule has 8 nitrogen and oxygen atoms in total. The number of rotatable bonds is 7. The number of carboxylic acid groups (broad SMARTS) is 1. The summed E-state index contributed by atoms with van der Waals surface area (Å²) < 4.78 is 0.700. The third-order valence-corrected chi connectivity index (χ3v) is 8.85. The van der Waals surface area contributed by atoms with Crippen LogP contribution in [0.4, 0.5) is 15.6 Å². The number of nitrogens with two attached hydrogens (primary N) is 1. The van der Waals surface area contributed by atoms with Crippen molar-refractivity contribution in [2.24, 2.45) is 5.41 Å². The Bertz CT molecular complexity index is 1310. The van der Waals surface area contributed by atoms with E-state index in [2.05, 4.69) is 47.0 Å². The lowest BCUT2D eigenvalue weighted by Crippen LogP contribution is -2.59. The van der Waals surface area contributed by atoms with Gasteiger partial charge in [0.05, 0.1) is 35.5 Å². The molecule has 1 saturated heterocycles. The summed E-state index contributed by atoms with van der Waals surface area (Å²) >= 11 is 4.87.